The Labute approximate surface area is 133 Å². The SMILES string of the molecule is CNC1CC(C)(C)Cc2nc(-c3cccc(Cl)c3F)sc21. The Morgan fingerprint density at radius 3 is 2.90 bits per heavy atom. The molecule has 2 aromatic rings. The Hall–Kier alpha value is -0.970. The lowest BCUT2D eigenvalue weighted by atomic mass is 9.76. The van der Waals surface area contributed by atoms with Gasteiger partial charge in [0.05, 0.1) is 10.7 Å². The van der Waals surface area contributed by atoms with Gasteiger partial charge in [-0.25, -0.2) is 9.37 Å². The van der Waals surface area contributed by atoms with E-state index in [4.69, 9.17) is 16.6 Å². The fourth-order valence-corrected chi connectivity index (χ4v) is 4.34. The largest absolute Gasteiger partial charge is 0.312 e. The first-order valence-electron chi connectivity index (χ1n) is 7.02. The van der Waals surface area contributed by atoms with Crippen molar-refractivity contribution >= 4 is 22.9 Å². The highest BCUT2D eigenvalue weighted by atomic mass is 35.5. The molecule has 0 saturated carbocycles. The van der Waals surface area contributed by atoms with Gasteiger partial charge in [0, 0.05) is 16.5 Å². The second kappa shape index (κ2) is 5.34. The number of hydrogen-bond acceptors (Lipinski definition) is 3. The molecule has 1 heterocycles. The molecule has 1 unspecified atom stereocenters. The molecule has 0 saturated heterocycles. The molecule has 0 aliphatic heterocycles. The molecule has 0 radical (unpaired) electrons. The van der Waals surface area contributed by atoms with Crippen LogP contribution in [0.15, 0.2) is 18.2 Å². The second-order valence-electron chi connectivity index (χ2n) is 6.32. The zero-order chi connectivity index (χ0) is 15.2. The summed E-state index contributed by atoms with van der Waals surface area (Å²) in [5.74, 6) is -0.384. The second-order valence-corrected chi connectivity index (χ2v) is 7.76. The molecule has 0 fully saturated rings. The molecular weight excluding hydrogens is 307 g/mol. The number of benzene rings is 1. The Morgan fingerprint density at radius 1 is 1.43 bits per heavy atom. The molecule has 1 N–H and O–H groups in total. The van der Waals surface area contributed by atoms with Crippen LogP contribution in [0.2, 0.25) is 5.02 Å². The van der Waals surface area contributed by atoms with Crippen molar-refractivity contribution in [1.29, 1.82) is 0 Å². The molecule has 5 heteroatoms. The molecule has 1 atom stereocenters. The van der Waals surface area contributed by atoms with Crippen molar-refractivity contribution in [1.82, 2.24) is 10.3 Å². The van der Waals surface area contributed by atoms with Crippen LogP contribution in [-0.4, -0.2) is 12.0 Å². The standard InChI is InChI=1S/C16H18ClFN2S/c1-16(2)7-11(19-3)14-12(8-16)20-15(21-14)9-5-4-6-10(17)13(9)18/h4-6,11,19H,7-8H2,1-3H3. The summed E-state index contributed by atoms with van der Waals surface area (Å²) in [5, 5.41) is 4.22. The van der Waals surface area contributed by atoms with Gasteiger partial charge in [0.2, 0.25) is 0 Å². The minimum absolute atomic E-state index is 0.145. The van der Waals surface area contributed by atoms with Crippen LogP contribution in [0, 0.1) is 11.2 Å². The van der Waals surface area contributed by atoms with Gasteiger partial charge in [-0.05, 0) is 37.4 Å². The summed E-state index contributed by atoms with van der Waals surface area (Å²) >= 11 is 7.45. The van der Waals surface area contributed by atoms with Crippen molar-refractivity contribution in [2.75, 3.05) is 7.05 Å². The smallest absolute Gasteiger partial charge is 0.152 e. The van der Waals surface area contributed by atoms with Crippen LogP contribution in [0.3, 0.4) is 0 Å². The maximum atomic E-state index is 14.2. The third kappa shape index (κ3) is 2.72. The molecule has 0 spiro atoms. The number of nitrogens with one attached hydrogen (secondary N) is 1. The van der Waals surface area contributed by atoms with Crippen molar-refractivity contribution in [2.24, 2.45) is 5.41 Å². The Balaban J connectivity index is 2.08. The van der Waals surface area contributed by atoms with E-state index >= 15 is 0 Å². The first-order chi connectivity index (χ1) is 9.91. The maximum Gasteiger partial charge on any atom is 0.152 e. The zero-order valence-corrected chi connectivity index (χ0v) is 13.9. The highest BCUT2D eigenvalue weighted by molar-refractivity contribution is 7.15. The van der Waals surface area contributed by atoms with E-state index in [1.54, 1.807) is 29.5 Å². The van der Waals surface area contributed by atoms with E-state index in [1.165, 1.54) is 4.88 Å². The third-order valence-electron chi connectivity index (χ3n) is 3.98. The fraction of sp³-hybridized carbons (Fsp3) is 0.438. The van der Waals surface area contributed by atoms with E-state index in [2.05, 4.69) is 19.2 Å². The number of fused-ring (bicyclic) bond motifs is 1. The monoisotopic (exact) mass is 324 g/mol. The molecule has 2 nitrogen and oxygen atoms in total. The van der Waals surface area contributed by atoms with Crippen LogP contribution in [-0.2, 0) is 6.42 Å². The van der Waals surface area contributed by atoms with Crippen LogP contribution in [0.25, 0.3) is 10.6 Å². The van der Waals surface area contributed by atoms with Crippen molar-refractivity contribution < 1.29 is 4.39 Å². The summed E-state index contributed by atoms with van der Waals surface area (Å²) in [6, 6.07) is 5.36. The summed E-state index contributed by atoms with van der Waals surface area (Å²) < 4.78 is 14.2. The van der Waals surface area contributed by atoms with Crippen molar-refractivity contribution in [3.8, 4) is 10.6 Å². The van der Waals surface area contributed by atoms with Gasteiger partial charge in [-0.1, -0.05) is 31.5 Å². The van der Waals surface area contributed by atoms with Crippen molar-refractivity contribution in [2.45, 2.75) is 32.7 Å². The topological polar surface area (TPSA) is 24.9 Å². The first kappa shape index (κ1) is 14.9. The fourth-order valence-electron chi connectivity index (χ4n) is 2.95. The number of rotatable bonds is 2. The van der Waals surface area contributed by atoms with Gasteiger partial charge in [0.25, 0.3) is 0 Å². The molecule has 3 rings (SSSR count). The van der Waals surface area contributed by atoms with Gasteiger partial charge in [-0.15, -0.1) is 11.3 Å². The van der Waals surface area contributed by atoms with Crippen LogP contribution in [0.5, 0.6) is 0 Å². The van der Waals surface area contributed by atoms with Gasteiger partial charge in [-0.2, -0.15) is 0 Å². The molecule has 1 aliphatic rings. The van der Waals surface area contributed by atoms with E-state index in [1.807, 2.05) is 7.05 Å². The number of nitrogens with zero attached hydrogens (tertiary/aromatic N) is 1. The van der Waals surface area contributed by atoms with Crippen LogP contribution in [0.1, 0.15) is 36.9 Å². The summed E-state index contributed by atoms with van der Waals surface area (Å²) in [6.45, 7) is 4.50. The van der Waals surface area contributed by atoms with Crippen LogP contribution in [0.4, 0.5) is 4.39 Å². The maximum absolute atomic E-state index is 14.2. The number of aromatic nitrogens is 1. The zero-order valence-electron chi connectivity index (χ0n) is 12.3. The quantitative estimate of drug-likeness (QED) is 0.855. The minimum Gasteiger partial charge on any atom is -0.312 e. The molecule has 0 bridgehead atoms. The highest BCUT2D eigenvalue weighted by Crippen LogP contribution is 2.45. The van der Waals surface area contributed by atoms with E-state index < -0.39 is 0 Å². The van der Waals surface area contributed by atoms with E-state index in [-0.39, 0.29) is 22.3 Å². The summed E-state index contributed by atoms with van der Waals surface area (Å²) in [7, 11) is 1.97. The lowest BCUT2D eigenvalue weighted by molar-refractivity contribution is 0.265. The van der Waals surface area contributed by atoms with Gasteiger partial charge < -0.3 is 5.32 Å². The summed E-state index contributed by atoms with van der Waals surface area (Å²) in [4.78, 5) is 5.92. The third-order valence-corrected chi connectivity index (χ3v) is 5.51. The van der Waals surface area contributed by atoms with Crippen LogP contribution < -0.4 is 5.32 Å². The molecule has 1 aliphatic carbocycles. The van der Waals surface area contributed by atoms with Gasteiger partial charge >= 0.3 is 0 Å². The number of halogens is 2. The van der Waals surface area contributed by atoms with E-state index in [0.29, 0.717) is 5.56 Å². The molecule has 0 amide bonds. The average molecular weight is 325 g/mol. The molecule has 1 aromatic heterocycles. The van der Waals surface area contributed by atoms with E-state index in [9.17, 15) is 4.39 Å². The first-order valence-corrected chi connectivity index (χ1v) is 8.22. The van der Waals surface area contributed by atoms with Crippen molar-refractivity contribution in [3.63, 3.8) is 0 Å². The van der Waals surface area contributed by atoms with Crippen molar-refractivity contribution in [3.05, 3.63) is 39.6 Å². The number of thiazole rings is 1. The van der Waals surface area contributed by atoms with Gasteiger partial charge in [0.1, 0.15) is 5.01 Å². The van der Waals surface area contributed by atoms with Gasteiger partial charge in [-0.3, -0.25) is 0 Å². The summed E-state index contributed by atoms with van der Waals surface area (Å²) in [6.07, 6.45) is 2.00. The predicted octanol–water partition coefficient (Wildman–Crippen LogP) is 4.84. The average Bonchev–Trinajstić information content (AvgIpc) is 2.83. The lowest BCUT2D eigenvalue weighted by Crippen LogP contribution is -2.30. The lowest BCUT2D eigenvalue weighted by Gasteiger charge is -2.34. The Morgan fingerprint density at radius 2 is 2.19 bits per heavy atom. The van der Waals surface area contributed by atoms with E-state index in [0.717, 1.165) is 23.5 Å². The Bertz CT molecular complexity index is 681. The van der Waals surface area contributed by atoms with Gasteiger partial charge in [0.15, 0.2) is 5.82 Å². The molecular formula is C16H18ClFN2S. The number of hydrogen-bond donors (Lipinski definition) is 1. The normalized spacial score (nSPS) is 20.3. The minimum atomic E-state index is -0.384. The van der Waals surface area contributed by atoms with Crippen LogP contribution >= 0.6 is 22.9 Å². The molecule has 1 aromatic carbocycles. The predicted molar refractivity (Wildman–Crippen MR) is 86.4 cm³/mol. The molecule has 112 valence electrons. The summed E-state index contributed by atoms with van der Waals surface area (Å²) in [5.41, 5.74) is 1.79. The Kier molecular flexibility index (Phi) is 3.80. The highest BCUT2D eigenvalue weighted by Gasteiger charge is 2.34. The molecule has 21 heavy (non-hydrogen) atoms.